The van der Waals surface area contributed by atoms with Crippen molar-refractivity contribution >= 4 is 41.0 Å². The highest BCUT2D eigenvalue weighted by Crippen LogP contribution is 2.34. The van der Waals surface area contributed by atoms with Crippen LogP contribution in [-0.2, 0) is 5.41 Å². The van der Waals surface area contributed by atoms with Crippen LogP contribution in [0.25, 0.3) is 10.4 Å². The molecule has 1 aromatic heterocycles. The first-order chi connectivity index (χ1) is 15.6. The molecule has 0 fully saturated rings. The second-order valence-corrected chi connectivity index (χ2v) is 11.3. The van der Waals surface area contributed by atoms with Crippen molar-refractivity contribution in [2.45, 2.75) is 58.9 Å². The summed E-state index contributed by atoms with van der Waals surface area (Å²) in [6.45, 7) is 13.3. The molecule has 2 heterocycles. The number of aryl methyl sites for hydroxylation is 1. The fourth-order valence-electron chi connectivity index (χ4n) is 4.03. The first-order valence-corrected chi connectivity index (χ1v) is 12.5. The fourth-order valence-corrected chi connectivity index (χ4v) is 5.11. The van der Waals surface area contributed by atoms with E-state index in [4.69, 9.17) is 4.98 Å². The fraction of sp³-hybridized carbons (Fsp3) is 0.345. The van der Waals surface area contributed by atoms with Crippen molar-refractivity contribution < 1.29 is 0 Å². The number of aromatic nitrogens is 1. The van der Waals surface area contributed by atoms with Gasteiger partial charge in [-0.15, -0.1) is 35.3 Å². The van der Waals surface area contributed by atoms with Gasteiger partial charge in [0, 0.05) is 30.5 Å². The van der Waals surface area contributed by atoms with E-state index in [0.29, 0.717) is 5.92 Å². The number of anilines is 1. The summed E-state index contributed by atoms with van der Waals surface area (Å²) in [5, 5.41) is 4.79. The van der Waals surface area contributed by atoms with Crippen molar-refractivity contribution in [3.8, 4) is 10.4 Å². The van der Waals surface area contributed by atoms with Crippen LogP contribution >= 0.6 is 35.3 Å². The zero-order valence-electron chi connectivity index (χ0n) is 21.2. The Hall–Kier alpha value is -2.12. The molecule has 1 aliphatic rings. The Morgan fingerprint density at radius 3 is 2.21 bits per heavy atom. The molecule has 0 bridgehead atoms. The van der Waals surface area contributed by atoms with E-state index < -0.39 is 0 Å². The number of thiazole rings is 1. The van der Waals surface area contributed by atoms with Crippen LogP contribution < -0.4 is 5.32 Å². The third kappa shape index (κ3) is 5.92. The van der Waals surface area contributed by atoms with Crippen molar-refractivity contribution in [2.24, 2.45) is 0 Å². The number of halogens is 1. The summed E-state index contributed by atoms with van der Waals surface area (Å²) in [6.07, 6.45) is 6.58. The van der Waals surface area contributed by atoms with Gasteiger partial charge in [-0.25, -0.2) is 4.98 Å². The van der Waals surface area contributed by atoms with Crippen molar-refractivity contribution in [1.82, 2.24) is 9.88 Å². The third-order valence-electron chi connectivity index (χ3n) is 6.13. The van der Waals surface area contributed by atoms with Gasteiger partial charge in [-0.1, -0.05) is 71.0 Å². The Kier molecular flexibility index (Phi) is 8.30. The van der Waals surface area contributed by atoms with E-state index in [1.165, 1.54) is 26.6 Å². The molecule has 1 N–H and O–H groups in total. The zero-order valence-corrected chi connectivity index (χ0v) is 24.4. The Labute approximate surface area is 226 Å². The lowest BCUT2D eigenvalue weighted by atomic mass is 9.86. The SMILES string of the molecule is Cc1nc(C(C)C)sc1-c1ccc(NC2=CC(c3ccc(C(C)(C)C)cc3)N(C)C=C2)cc1.I. The van der Waals surface area contributed by atoms with Gasteiger partial charge >= 0.3 is 0 Å². The van der Waals surface area contributed by atoms with E-state index in [9.17, 15) is 0 Å². The molecule has 180 valence electrons. The molecule has 1 atom stereocenters. The molecular formula is C29H36IN3S. The molecule has 0 amide bonds. The summed E-state index contributed by atoms with van der Waals surface area (Å²) >= 11 is 1.80. The minimum absolute atomic E-state index is 0. The first kappa shape index (κ1) is 26.5. The molecule has 0 saturated heterocycles. The van der Waals surface area contributed by atoms with Gasteiger partial charge in [0.2, 0.25) is 0 Å². The van der Waals surface area contributed by atoms with Gasteiger partial charge in [0.1, 0.15) is 0 Å². The molecule has 1 unspecified atom stereocenters. The highest BCUT2D eigenvalue weighted by atomic mass is 127. The number of nitrogens with zero attached hydrogens (tertiary/aromatic N) is 2. The molecule has 0 saturated carbocycles. The molecule has 1 aliphatic heterocycles. The number of benzene rings is 2. The van der Waals surface area contributed by atoms with E-state index in [0.717, 1.165) is 17.1 Å². The van der Waals surface area contributed by atoms with Gasteiger partial charge in [0.15, 0.2) is 0 Å². The Balaban J connectivity index is 0.00000324. The number of allylic oxidation sites excluding steroid dienone is 1. The number of rotatable bonds is 5. The second-order valence-electron chi connectivity index (χ2n) is 10.2. The maximum absolute atomic E-state index is 4.75. The van der Waals surface area contributed by atoms with Crippen LogP contribution in [-0.4, -0.2) is 16.9 Å². The van der Waals surface area contributed by atoms with Gasteiger partial charge in [-0.3, -0.25) is 0 Å². The molecule has 0 aliphatic carbocycles. The smallest absolute Gasteiger partial charge is 0.0959 e. The van der Waals surface area contributed by atoms with Crippen LogP contribution in [0.15, 0.2) is 72.6 Å². The molecule has 3 aromatic rings. The van der Waals surface area contributed by atoms with Gasteiger partial charge in [-0.2, -0.15) is 0 Å². The number of hydrogen-bond donors (Lipinski definition) is 1. The molecule has 0 spiro atoms. The third-order valence-corrected chi connectivity index (χ3v) is 7.63. The molecule has 4 rings (SSSR count). The van der Waals surface area contributed by atoms with E-state index in [2.05, 4.69) is 126 Å². The summed E-state index contributed by atoms with van der Waals surface area (Å²) in [6, 6.07) is 17.9. The van der Waals surface area contributed by atoms with E-state index in [1.54, 1.807) is 11.3 Å². The van der Waals surface area contributed by atoms with Crippen LogP contribution in [0, 0.1) is 6.92 Å². The minimum atomic E-state index is 0. The zero-order chi connectivity index (χ0) is 23.8. The summed E-state index contributed by atoms with van der Waals surface area (Å²) in [7, 11) is 2.13. The van der Waals surface area contributed by atoms with Gasteiger partial charge in [0.25, 0.3) is 0 Å². The van der Waals surface area contributed by atoms with Crippen molar-refractivity contribution in [1.29, 1.82) is 0 Å². The second kappa shape index (κ2) is 10.6. The maximum atomic E-state index is 4.75. The highest BCUT2D eigenvalue weighted by molar-refractivity contribution is 14.0. The van der Waals surface area contributed by atoms with Crippen LogP contribution in [0.2, 0.25) is 0 Å². The van der Waals surface area contributed by atoms with Crippen LogP contribution in [0.3, 0.4) is 0 Å². The molecular weight excluding hydrogens is 549 g/mol. The average molecular weight is 586 g/mol. The van der Waals surface area contributed by atoms with E-state index in [1.807, 2.05) is 0 Å². The monoisotopic (exact) mass is 585 g/mol. The molecule has 5 heteroatoms. The Bertz CT molecular complexity index is 1170. The number of likely N-dealkylation sites (N-methyl/N-ethyl adjacent to an activating group) is 1. The number of hydrogen-bond acceptors (Lipinski definition) is 4. The summed E-state index contributed by atoms with van der Waals surface area (Å²) in [4.78, 5) is 8.26. The minimum Gasteiger partial charge on any atom is -0.370 e. The molecule has 2 aromatic carbocycles. The van der Waals surface area contributed by atoms with Gasteiger partial charge in [0.05, 0.1) is 21.6 Å². The summed E-state index contributed by atoms with van der Waals surface area (Å²) in [5.74, 6) is 0.462. The molecule has 0 radical (unpaired) electrons. The van der Waals surface area contributed by atoms with E-state index >= 15 is 0 Å². The molecule has 34 heavy (non-hydrogen) atoms. The van der Waals surface area contributed by atoms with Crippen molar-refractivity contribution in [3.63, 3.8) is 0 Å². The quantitative estimate of drug-likeness (QED) is 0.304. The van der Waals surface area contributed by atoms with E-state index in [-0.39, 0.29) is 35.4 Å². The van der Waals surface area contributed by atoms with Crippen molar-refractivity contribution in [3.05, 3.63) is 94.4 Å². The normalized spacial score (nSPS) is 15.8. The Morgan fingerprint density at radius 1 is 1.00 bits per heavy atom. The predicted octanol–water partition coefficient (Wildman–Crippen LogP) is 8.65. The predicted molar refractivity (Wildman–Crippen MR) is 158 cm³/mol. The van der Waals surface area contributed by atoms with Crippen LogP contribution in [0.4, 0.5) is 5.69 Å². The lowest BCUT2D eigenvalue weighted by Gasteiger charge is -2.29. The Morgan fingerprint density at radius 2 is 1.65 bits per heavy atom. The maximum Gasteiger partial charge on any atom is 0.0959 e. The first-order valence-electron chi connectivity index (χ1n) is 11.7. The average Bonchev–Trinajstić information content (AvgIpc) is 3.17. The topological polar surface area (TPSA) is 28.2 Å². The summed E-state index contributed by atoms with van der Waals surface area (Å²) in [5.41, 5.74) is 7.37. The highest BCUT2D eigenvalue weighted by Gasteiger charge is 2.19. The van der Waals surface area contributed by atoms with Crippen LogP contribution in [0.1, 0.15) is 68.4 Å². The number of nitrogens with one attached hydrogen (secondary N) is 1. The lowest BCUT2D eigenvalue weighted by molar-refractivity contribution is 0.387. The van der Waals surface area contributed by atoms with Crippen LogP contribution in [0.5, 0.6) is 0 Å². The lowest BCUT2D eigenvalue weighted by Crippen LogP contribution is -2.22. The largest absolute Gasteiger partial charge is 0.370 e. The van der Waals surface area contributed by atoms with Gasteiger partial charge in [-0.05, 0) is 53.3 Å². The molecule has 3 nitrogen and oxygen atoms in total. The van der Waals surface area contributed by atoms with Crippen molar-refractivity contribution in [2.75, 3.05) is 12.4 Å². The standard InChI is InChI=1S/C29H35N3S.HI/c1-19(2)28-30-20(3)27(33-28)22-10-14-24(15-11-22)31-25-16-17-32(7)26(18-25)21-8-12-23(13-9-21)29(4,5)6;/h8-19,26,31H,1-7H3;1H. The van der Waals surface area contributed by atoms with Gasteiger partial charge < -0.3 is 10.2 Å². The summed E-state index contributed by atoms with van der Waals surface area (Å²) < 4.78 is 0.